The van der Waals surface area contributed by atoms with Crippen molar-refractivity contribution in [1.82, 2.24) is 0 Å². The highest BCUT2D eigenvalue weighted by Crippen LogP contribution is 2.35. The molecule has 0 radical (unpaired) electrons. The van der Waals surface area contributed by atoms with Crippen molar-refractivity contribution in [2.45, 2.75) is 30.6 Å². The number of ether oxygens (including phenoxy) is 1. The average Bonchev–Trinajstić information content (AvgIpc) is 2.92. The van der Waals surface area contributed by atoms with Gasteiger partial charge < -0.3 is 9.64 Å². The van der Waals surface area contributed by atoms with Crippen LogP contribution in [0.3, 0.4) is 0 Å². The van der Waals surface area contributed by atoms with E-state index in [1.807, 2.05) is 11.0 Å². The Labute approximate surface area is 162 Å². The molecule has 0 bridgehead atoms. The molecule has 0 spiro atoms. The molecule has 28 heavy (non-hydrogen) atoms. The van der Waals surface area contributed by atoms with Crippen LogP contribution in [-0.2, 0) is 10.0 Å². The first kappa shape index (κ1) is 18.2. The van der Waals surface area contributed by atoms with Crippen LogP contribution in [0.1, 0.15) is 41.6 Å². The Morgan fingerprint density at radius 1 is 1.14 bits per heavy atom. The first-order chi connectivity index (χ1) is 13.5. The molecule has 2 aromatic carbocycles. The van der Waals surface area contributed by atoms with E-state index in [0.717, 1.165) is 19.3 Å². The van der Waals surface area contributed by atoms with Crippen LogP contribution >= 0.6 is 0 Å². The van der Waals surface area contributed by atoms with E-state index in [1.165, 1.54) is 12.1 Å². The van der Waals surface area contributed by atoms with Crippen LogP contribution in [-0.4, -0.2) is 26.8 Å². The molecule has 0 N–H and O–H groups in total. The van der Waals surface area contributed by atoms with E-state index in [4.69, 9.17) is 10.00 Å². The number of carbonyl (C=O) groups is 1. The van der Waals surface area contributed by atoms with Crippen LogP contribution in [0.15, 0.2) is 51.8 Å². The van der Waals surface area contributed by atoms with Crippen LogP contribution in [0.4, 0.5) is 5.69 Å². The number of hydrogen-bond acceptors (Lipinski definition) is 6. The molecule has 4 rings (SSSR count). The summed E-state index contributed by atoms with van der Waals surface area (Å²) in [6.07, 6.45) is 3.51. The van der Waals surface area contributed by atoms with Crippen LogP contribution in [0.25, 0.3) is 0 Å². The van der Waals surface area contributed by atoms with E-state index >= 15 is 0 Å². The van der Waals surface area contributed by atoms with Crippen molar-refractivity contribution in [1.29, 1.82) is 5.26 Å². The van der Waals surface area contributed by atoms with E-state index in [0.29, 0.717) is 30.1 Å². The van der Waals surface area contributed by atoms with Crippen molar-refractivity contribution < 1.29 is 17.9 Å². The molecule has 0 atom stereocenters. The van der Waals surface area contributed by atoms with Gasteiger partial charge in [-0.25, -0.2) is 4.79 Å². The Balaban J connectivity index is 1.68. The maximum atomic E-state index is 12.7. The van der Waals surface area contributed by atoms with Gasteiger partial charge in [0.05, 0.1) is 22.9 Å². The fourth-order valence-corrected chi connectivity index (χ4v) is 4.69. The molecular weight excluding hydrogens is 378 g/mol. The van der Waals surface area contributed by atoms with Gasteiger partial charge in [-0.05, 0) is 49.2 Å². The molecule has 7 nitrogen and oxygen atoms in total. The number of fused-ring (bicyclic) bond motifs is 3. The van der Waals surface area contributed by atoms with Crippen LogP contribution in [0, 0.1) is 11.3 Å². The van der Waals surface area contributed by atoms with Crippen molar-refractivity contribution in [3.8, 4) is 11.8 Å². The molecule has 0 amide bonds. The lowest BCUT2D eigenvalue weighted by atomic mass is 10.1. The third-order valence-corrected chi connectivity index (χ3v) is 6.09. The second kappa shape index (κ2) is 7.09. The van der Waals surface area contributed by atoms with Gasteiger partial charge in [0.2, 0.25) is 0 Å². The van der Waals surface area contributed by atoms with Crippen molar-refractivity contribution >= 4 is 27.5 Å². The molecule has 8 heteroatoms. The average molecular weight is 395 g/mol. The fourth-order valence-electron chi connectivity index (χ4n) is 3.40. The normalized spacial score (nSPS) is 17.4. The second-order valence-electron chi connectivity index (χ2n) is 6.66. The van der Waals surface area contributed by atoms with Crippen molar-refractivity contribution in [3.63, 3.8) is 0 Å². The Bertz CT molecular complexity index is 1130. The third kappa shape index (κ3) is 3.37. The highest BCUT2D eigenvalue weighted by Gasteiger charge is 2.32. The number of rotatable bonds is 2. The zero-order valence-electron chi connectivity index (χ0n) is 15.0. The number of benzene rings is 2. The number of sulfonamides is 1. The molecule has 142 valence electrons. The van der Waals surface area contributed by atoms with Crippen molar-refractivity contribution in [2.24, 2.45) is 4.40 Å². The molecule has 0 unspecified atom stereocenters. The minimum Gasteiger partial charge on any atom is -0.423 e. The number of carbonyl (C=O) groups excluding carboxylic acids is 1. The molecule has 2 aliphatic heterocycles. The number of nitriles is 1. The Morgan fingerprint density at radius 2 is 2.00 bits per heavy atom. The first-order valence-electron chi connectivity index (χ1n) is 8.96. The van der Waals surface area contributed by atoms with Crippen molar-refractivity contribution in [3.05, 3.63) is 53.6 Å². The highest BCUT2D eigenvalue weighted by atomic mass is 32.2. The summed E-state index contributed by atoms with van der Waals surface area (Å²) in [5, 5.41) is 8.94. The summed E-state index contributed by atoms with van der Waals surface area (Å²) in [6, 6.07) is 12.7. The van der Waals surface area contributed by atoms with E-state index in [9.17, 15) is 13.2 Å². The minimum atomic E-state index is -3.87. The van der Waals surface area contributed by atoms with E-state index < -0.39 is 16.0 Å². The lowest BCUT2D eigenvalue weighted by Crippen LogP contribution is -2.35. The molecular formula is C20H17N3O4S. The maximum absolute atomic E-state index is 12.7. The Morgan fingerprint density at radius 3 is 2.82 bits per heavy atom. The number of nitrogens with zero attached hydrogens (tertiary/aromatic N) is 3. The Hall–Kier alpha value is -3.18. The van der Waals surface area contributed by atoms with Gasteiger partial charge >= 0.3 is 5.97 Å². The van der Waals surface area contributed by atoms with Gasteiger partial charge in [0, 0.05) is 13.0 Å². The first-order valence-corrected chi connectivity index (χ1v) is 10.4. The van der Waals surface area contributed by atoms with Gasteiger partial charge in [-0.2, -0.15) is 13.7 Å². The van der Waals surface area contributed by atoms with Crippen molar-refractivity contribution in [2.75, 3.05) is 11.4 Å². The predicted octanol–water partition coefficient (Wildman–Crippen LogP) is 3.26. The molecule has 2 aromatic rings. The zero-order chi connectivity index (χ0) is 19.7. The summed E-state index contributed by atoms with van der Waals surface area (Å²) < 4.78 is 34.6. The summed E-state index contributed by atoms with van der Waals surface area (Å²) in [7, 11) is -3.87. The van der Waals surface area contributed by atoms with Crippen LogP contribution in [0.5, 0.6) is 5.75 Å². The smallest absolute Gasteiger partial charge is 0.343 e. The van der Waals surface area contributed by atoms with Gasteiger partial charge in [0.1, 0.15) is 16.5 Å². The highest BCUT2D eigenvalue weighted by molar-refractivity contribution is 7.90. The second-order valence-corrected chi connectivity index (χ2v) is 8.23. The van der Waals surface area contributed by atoms with E-state index in [2.05, 4.69) is 4.40 Å². The lowest BCUT2D eigenvalue weighted by molar-refractivity contribution is 0.0734. The molecule has 2 heterocycles. The van der Waals surface area contributed by atoms with Gasteiger partial charge in [-0.3, -0.25) is 0 Å². The molecule has 1 saturated heterocycles. The summed E-state index contributed by atoms with van der Waals surface area (Å²) in [5.41, 5.74) is 1.02. The number of amidine groups is 1. The molecule has 0 saturated carbocycles. The standard InChI is InChI=1S/C20H17N3O4S/c21-13-14-5-4-6-16(11-14)27-20(24)15-8-9-17-18(12-15)28(25,26)22-19-7-2-1-3-10-23(17)19/h4-6,8-9,11-12H,1-3,7,10H2. The fraction of sp³-hybridized carbons (Fsp3) is 0.250. The molecule has 0 aliphatic carbocycles. The summed E-state index contributed by atoms with van der Waals surface area (Å²) >= 11 is 0. The predicted molar refractivity (Wildman–Crippen MR) is 103 cm³/mol. The Kier molecular flexibility index (Phi) is 4.61. The SMILES string of the molecule is N#Cc1cccc(OC(=O)c2ccc3c(c2)S(=O)(=O)N=C2CCCCCN23)c1. The maximum Gasteiger partial charge on any atom is 0.343 e. The lowest BCUT2D eigenvalue weighted by Gasteiger charge is -2.29. The van der Waals surface area contributed by atoms with E-state index in [1.54, 1.807) is 30.3 Å². The minimum absolute atomic E-state index is 0.0124. The van der Waals surface area contributed by atoms with Gasteiger partial charge in [-0.15, -0.1) is 4.40 Å². The number of hydrogen-bond donors (Lipinski definition) is 0. The molecule has 2 aliphatic rings. The van der Waals surface area contributed by atoms with E-state index in [-0.39, 0.29) is 16.2 Å². The monoisotopic (exact) mass is 395 g/mol. The third-order valence-electron chi connectivity index (χ3n) is 4.76. The van der Waals surface area contributed by atoms with Gasteiger partial charge in [-0.1, -0.05) is 12.5 Å². The zero-order valence-corrected chi connectivity index (χ0v) is 15.8. The van der Waals surface area contributed by atoms with Gasteiger partial charge in [0.15, 0.2) is 0 Å². The quantitative estimate of drug-likeness (QED) is 0.572. The van der Waals surface area contributed by atoms with Crippen LogP contribution in [0.2, 0.25) is 0 Å². The number of esters is 1. The largest absolute Gasteiger partial charge is 0.423 e. The molecule has 1 fully saturated rings. The number of anilines is 1. The van der Waals surface area contributed by atoms with Gasteiger partial charge in [0.25, 0.3) is 10.0 Å². The summed E-state index contributed by atoms with van der Waals surface area (Å²) in [4.78, 5) is 14.4. The molecule has 0 aromatic heterocycles. The topological polar surface area (TPSA) is 99.8 Å². The summed E-state index contributed by atoms with van der Waals surface area (Å²) in [5.74, 6) is 0.0878. The summed E-state index contributed by atoms with van der Waals surface area (Å²) in [6.45, 7) is 0.700. The van der Waals surface area contributed by atoms with Crippen LogP contribution < -0.4 is 9.64 Å².